The van der Waals surface area contributed by atoms with E-state index >= 15 is 0 Å². The maximum absolute atomic E-state index is 8.89. The first-order chi connectivity index (χ1) is 10.8. The normalized spacial score (nSPS) is 17.8. The monoisotopic (exact) mass is 289 g/mol. The summed E-state index contributed by atoms with van der Waals surface area (Å²) in [7, 11) is 0. The molecule has 0 saturated carbocycles. The van der Waals surface area contributed by atoms with Crippen molar-refractivity contribution in [2.75, 3.05) is 11.4 Å². The van der Waals surface area contributed by atoms with E-state index in [-0.39, 0.29) is 6.04 Å². The smallest absolute Gasteiger partial charge is 0.130 e. The summed E-state index contributed by atoms with van der Waals surface area (Å²) in [4.78, 5) is 14.8. The predicted octanol–water partition coefficient (Wildman–Crippen LogP) is 3.17. The molecule has 0 spiro atoms. The lowest BCUT2D eigenvalue weighted by Gasteiger charge is -2.24. The van der Waals surface area contributed by atoms with Crippen molar-refractivity contribution in [3.05, 3.63) is 54.0 Å². The molecule has 0 amide bonds. The van der Waals surface area contributed by atoms with Crippen LogP contribution in [0.15, 0.2) is 42.6 Å². The van der Waals surface area contributed by atoms with Crippen LogP contribution in [0.25, 0.3) is 11.0 Å². The molecule has 1 aromatic carbocycles. The summed E-state index contributed by atoms with van der Waals surface area (Å²) >= 11 is 0. The number of aromatic amines is 1. The van der Waals surface area contributed by atoms with Gasteiger partial charge in [0.1, 0.15) is 17.7 Å². The van der Waals surface area contributed by atoms with Gasteiger partial charge in [-0.15, -0.1) is 0 Å². The molecule has 1 N–H and O–H groups in total. The standard InChI is InChI=1S/C17H15N5/c18-10-12-7-8-16(19-11-12)22-9-3-6-15(22)17-20-13-4-1-2-5-14(13)21-17/h1-2,4-5,7-8,11,15H,3,6,9H2,(H,20,21)/t15-/m0/s1. The Balaban J connectivity index is 1.69. The van der Waals surface area contributed by atoms with Crippen LogP contribution in [0.3, 0.4) is 0 Å². The average molecular weight is 289 g/mol. The molecule has 22 heavy (non-hydrogen) atoms. The lowest BCUT2D eigenvalue weighted by Crippen LogP contribution is -2.24. The maximum atomic E-state index is 8.89. The van der Waals surface area contributed by atoms with Crippen LogP contribution in [-0.4, -0.2) is 21.5 Å². The van der Waals surface area contributed by atoms with E-state index in [0.717, 1.165) is 42.1 Å². The van der Waals surface area contributed by atoms with Gasteiger partial charge in [-0.1, -0.05) is 12.1 Å². The fourth-order valence-electron chi connectivity index (χ4n) is 3.08. The highest BCUT2D eigenvalue weighted by Gasteiger charge is 2.29. The van der Waals surface area contributed by atoms with Gasteiger partial charge in [0.15, 0.2) is 0 Å². The second-order valence-electron chi connectivity index (χ2n) is 5.51. The van der Waals surface area contributed by atoms with Crippen LogP contribution >= 0.6 is 0 Å². The van der Waals surface area contributed by atoms with Gasteiger partial charge in [-0.05, 0) is 37.1 Å². The average Bonchev–Trinajstić information content (AvgIpc) is 3.21. The van der Waals surface area contributed by atoms with Crippen molar-refractivity contribution in [3.8, 4) is 6.07 Å². The van der Waals surface area contributed by atoms with Crippen molar-refractivity contribution in [1.82, 2.24) is 15.0 Å². The maximum Gasteiger partial charge on any atom is 0.130 e. The molecule has 0 aliphatic carbocycles. The lowest BCUT2D eigenvalue weighted by molar-refractivity contribution is 0.673. The Labute approximate surface area is 128 Å². The molecule has 5 heteroatoms. The fourth-order valence-corrected chi connectivity index (χ4v) is 3.08. The number of imidazole rings is 1. The van der Waals surface area contributed by atoms with Gasteiger partial charge >= 0.3 is 0 Å². The van der Waals surface area contributed by atoms with E-state index in [4.69, 9.17) is 10.2 Å². The molecule has 1 atom stereocenters. The van der Waals surface area contributed by atoms with Crippen LogP contribution in [0.4, 0.5) is 5.82 Å². The first-order valence-electron chi connectivity index (χ1n) is 7.42. The number of aromatic nitrogens is 3. The number of hydrogen-bond donors (Lipinski definition) is 1. The van der Waals surface area contributed by atoms with Crippen molar-refractivity contribution < 1.29 is 0 Å². The largest absolute Gasteiger partial charge is 0.346 e. The predicted molar refractivity (Wildman–Crippen MR) is 84.4 cm³/mol. The number of anilines is 1. The Morgan fingerprint density at radius 3 is 2.91 bits per heavy atom. The molecule has 1 saturated heterocycles. The molecule has 5 nitrogen and oxygen atoms in total. The quantitative estimate of drug-likeness (QED) is 0.786. The van der Waals surface area contributed by atoms with Crippen molar-refractivity contribution in [3.63, 3.8) is 0 Å². The molecule has 1 fully saturated rings. The van der Waals surface area contributed by atoms with Crippen LogP contribution in [0.1, 0.15) is 30.3 Å². The van der Waals surface area contributed by atoms with Gasteiger partial charge in [-0.2, -0.15) is 5.26 Å². The minimum absolute atomic E-state index is 0.216. The minimum atomic E-state index is 0.216. The second-order valence-corrected chi connectivity index (χ2v) is 5.51. The molecule has 3 aromatic rings. The summed E-state index contributed by atoms with van der Waals surface area (Å²) in [5.41, 5.74) is 2.65. The van der Waals surface area contributed by atoms with Gasteiger partial charge in [-0.3, -0.25) is 0 Å². The van der Waals surface area contributed by atoms with Crippen molar-refractivity contribution in [2.24, 2.45) is 0 Å². The topological polar surface area (TPSA) is 68.6 Å². The van der Waals surface area contributed by atoms with Gasteiger partial charge in [-0.25, -0.2) is 9.97 Å². The zero-order valence-electron chi connectivity index (χ0n) is 12.0. The van der Waals surface area contributed by atoms with Crippen LogP contribution in [0.2, 0.25) is 0 Å². The third-order valence-corrected chi connectivity index (χ3v) is 4.15. The first-order valence-corrected chi connectivity index (χ1v) is 7.42. The molecule has 3 heterocycles. The Morgan fingerprint density at radius 2 is 2.14 bits per heavy atom. The van der Waals surface area contributed by atoms with Crippen LogP contribution in [0.5, 0.6) is 0 Å². The number of H-pyrrole nitrogens is 1. The van der Waals surface area contributed by atoms with E-state index in [1.54, 1.807) is 6.20 Å². The number of hydrogen-bond acceptors (Lipinski definition) is 4. The van der Waals surface area contributed by atoms with Crippen LogP contribution < -0.4 is 4.90 Å². The number of para-hydroxylation sites is 2. The van der Waals surface area contributed by atoms with Crippen molar-refractivity contribution >= 4 is 16.9 Å². The molecule has 108 valence electrons. The number of benzene rings is 1. The number of nitrogens with one attached hydrogen (secondary N) is 1. The first kappa shape index (κ1) is 12.8. The third kappa shape index (κ3) is 2.09. The molecule has 0 radical (unpaired) electrons. The molecule has 0 unspecified atom stereocenters. The molecule has 0 bridgehead atoms. The number of rotatable bonds is 2. The molecule has 1 aliphatic rings. The zero-order chi connectivity index (χ0) is 14.9. The number of nitrogens with zero attached hydrogens (tertiary/aromatic N) is 4. The molecular formula is C17H15N5. The van der Waals surface area contributed by atoms with Crippen LogP contribution in [0, 0.1) is 11.3 Å². The van der Waals surface area contributed by atoms with Crippen molar-refractivity contribution in [1.29, 1.82) is 5.26 Å². The van der Waals surface area contributed by atoms with Gasteiger partial charge < -0.3 is 9.88 Å². The Morgan fingerprint density at radius 1 is 1.23 bits per heavy atom. The second kappa shape index (κ2) is 5.15. The molecule has 1 aliphatic heterocycles. The Hall–Kier alpha value is -2.87. The highest BCUT2D eigenvalue weighted by molar-refractivity contribution is 5.75. The van der Waals surface area contributed by atoms with Gasteiger partial charge in [0.2, 0.25) is 0 Å². The van der Waals surface area contributed by atoms with Crippen LogP contribution in [-0.2, 0) is 0 Å². The minimum Gasteiger partial charge on any atom is -0.346 e. The SMILES string of the molecule is N#Cc1ccc(N2CCC[C@H]2c2nc3ccccc3[nH]2)nc1. The number of fused-ring (bicyclic) bond motifs is 1. The van der Waals surface area contributed by atoms with E-state index in [1.807, 2.05) is 36.4 Å². The summed E-state index contributed by atoms with van der Waals surface area (Å²) in [6, 6.07) is 14.1. The van der Waals surface area contributed by atoms with E-state index in [1.165, 1.54) is 0 Å². The van der Waals surface area contributed by atoms with E-state index in [9.17, 15) is 0 Å². The number of pyridine rings is 1. The molecule has 4 rings (SSSR count). The third-order valence-electron chi connectivity index (χ3n) is 4.15. The highest BCUT2D eigenvalue weighted by Crippen LogP contribution is 2.34. The number of nitriles is 1. The highest BCUT2D eigenvalue weighted by atomic mass is 15.2. The molecular weight excluding hydrogens is 274 g/mol. The van der Waals surface area contributed by atoms with Gasteiger partial charge in [0.25, 0.3) is 0 Å². The van der Waals surface area contributed by atoms with E-state index in [2.05, 4.69) is 20.9 Å². The Kier molecular flexibility index (Phi) is 3.01. The summed E-state index contributed by atoms with van der Waals surface area (Å²) in [5.74, 6) is 1.90. The Bertz CT molecular complexity index is 810. The van der Waals surface area contributed by atoms with Gasteiger partial charge in [0.05, 0.1) is 22.6 Å². The zero-order valence-corrected chi connectivity index (χ0v) is 12.0. The summed E-state index contributed by atoms with van der Waals surface area (Å²) < 4.78 is 0. The van der Waals surface area contributed by atoms with Crippen molar-refractivity contribution in [2.45, 2.75) is 18.9 Å². The summed E-state index contributed by atoms with van der Waals surface area (Å²) in [6.45, 7) is 0.959. The van der Waals surface area contributed by atoms with E-state index < -0.39 is 0 Å². The van der Waals surface area contributed by atoms with Gasteiger partial charge in [0, 0.05) is 12.7 Å². The molecule has 2 aromatic heterocycles. The van der Waals surface area contributed by atoms with E-state index in [0.29, 0.717) is 5.56 Å². The summed E-state index contributed by atoms with van der Waals surface area (Å²) in [5, 5.41) is 8.89. The summed E-state index contributed by atoms with van der Waals surface area (Å²) in [6.07, 6.45) is 3.80. The fraction of sp³-hybridized carbons (Fsp3) is 0.235. The lowest BCUT2D eigenvalue weighted by atomic mass is 10.2.